The van der Waals surface area contributed by atoms with Crippen LogP contribution in [0.1, 0.15) is 11.4 Å². The summed E-state index contributed by atoms with van der Waals surface area (Å²) in [5.74, 6) is 7.86. The molecule has 0 atom stereocenters. The zero-order chi connectivity index (χ0) is 21.3. The van der Waals surface area contributed by atoms with Crippen molar-refractivity contribution in [3.63, 3.8) is 0 Å². The van der Waals surface area contributed by atoms with E-state index in [4.69, 9.17) is 26.9 Å². The first-order chi connectivity index (χ1) is 14.5. The van der Waals surface area contributed by atoms with Crippen LogP contribution in [0.5, 0.6) is 11.5 Å². The second kappa shape index (κ2) is 10.7. The summed E-state index contributed by atoms with van der Waals surface area (Å²) in [5, 5.41) is 12.0. The SMILES string of the molecule is COc1cccc(OCc2nnc(SCC(=O)NCCc3cccc(Cl)c3)n2N)c1. The molecule has 3 rings (SSSR count). The van der Waals surface area contributed by atoms with Crippen LogP contribution < -0.4 is 20.6 Å². The van der Waals surface area contributed by atoms with E-state index in [0.29, 0.717) is 40.5 Å². The third kappa shape index (κ3) is 6.30. The van der Waals surface area contributed by atoms with E-state index in [1.165, 1.54) is 16.4 Å². The number of ether oxygens (including phenoxy) is 2. The van der Waals surface area contributed by atoms with Crippen molar-refractivity contribution in [1.29, 1.82) is 0 Å². The van der Waals surface area contributed by atoms with Gasteiger partial charge in [-0.25, -0.2) is 4.68 Å². The fourth-order valence-electron chi connectivity index (χ4n) is 2.56. The highest BCUT2D eigenvalue weighted by molar-refractivity contribution is 7.99. The minimum atomic E-state index is -0.112. The number of carbonyl (C=O) groups excluding carboxylic acids is 1. The topological polar surface area (TPSA) is 104 Å². The molecule has 3 aromatic rings. The van der Waals surface area contributed by atoms with E-state index in [9.17, 15) is 4.79 Å². The number of nitrogens with one attached hydrogen (secondary N) is 1. The Morgan fingerprint density at radius 1 is 1.20 bits per heavy atom. The van der Waals surface area contributed by atoms with Gasteiger partial charge in [0.15, 0.2) is 5.82 Å². The summed E-state index contributed by atoms with van der Waals surface area (Å²) in [6.45, 7) is 0.664. The summed E-state index contributed by atoms with van der Waals surface area (Å²) >= 11 is 7.17. The Hall–Kier alpha value is -2.91. The van der Waals surface area contributed by atoms with Crippen LogP contribution in [0.3, 0.4) is 0 Å². The Balaban J connectivity index is 1.43. The second-order valence-electron chi connectivity index (χ2n) is 6.26. The zero-order valence-corrected chi connectivity index (χ0v) is 17.9. The predicted octanol–water partition coefficient (Wildman–Crippen LogP) is 2.68. The number of amides is 1. The first-order valence-corrected chi connectivity index (χ1v) is 10.5. The minimum Gasteiger partial charge on any atom is -0.497 e. The summed E-state index contributed by atoms with van der Waals surface area (Å²) in [7, 11) is 1.59. The molecule has 0 unspecified atom stereocenters. The van der Waals surface area contributed by atoms with Crippen molar-refractivity contribution in [3.05, 3.63) is 64.9 Å². The predicted molar refractivity (Wildman–Crippen MR) is 116 cm³/mol. The quantitative estimate of drug-likeness (QED) is 0.363. The Bertz CT molecular complexity index is 998. The molecule has 0 saturated heterocycles. The highest BCUT2D eigenvalue weighted by Gasteiger charge is 2.13. The van der Waals surface area contributed by atoms with E-state index in [2.05, 4.69) is 15.5 Å². The van der Waals surface area contributed by atoms with Gasteiger partial charge < -0.3 is 20.6 Å². The molecule has 0 aliphatic heterocycles. The number of benzene rings is 2. The first kappa shape index (κ1) is 21.8. The number of halogens is 1. The first-order valence-electron chi connectivity index (χ1n) is 9.15. The van der Waals surface area contributed by atoms with Gasteiger partial charge in [-0.3, -0.25) is 4.79 Å². The number of aromatic nitrogens is 3. The lowest BCUT2D eigenvalue weighted by molar-refractivity contribution is -0.118. The van der Waals surface area contributed by atoms with Gasteiger partial charge >= 0.3 is 0 Å². The molecule has 0 bridgehead atoms. The normalized spacial score (nSPS) is 10.6. The molecule has 1 aromatic heterocycles. The number of hydrogen-bond acceptors (Lipinski definition) is 7. The van der Waals surface area contributed by atoms with Gasteiger partial charge in [-0.2, -0.15) is 0 Å². The van der Waals surface area contributed by atoms with Gasteiger partial charge in [-0.1, -0.05) is 41.6 Å². The van der Waals surface area contributed by atoms with Gasteiger partial charge in [0.2, 0.25) is 11.1 Å². The van der Waals surface area contributed by atoms with E-state index < -0.39 is 0 Å². The molecule has 1 heterocycles. The van der Waals surface area contributed by atoms with Crippen molar-refractivity contribution in [2.24, 2.45) is 0 Å². The molecule has 0 fully saturated rings. The van der Waals surface area contributed by atoms with Crippen LogP contribution in [0.2, 0.25) is 5.02 Å². The Morgan fingerprint density at radius 3 is 2.80 bits per heavy atom. The molecule has 0 radical (unpaired) electrons. The van der Waals surface area contributed by atoms with Gasteiger partial charge in [-0.05, 0) is 36.2 Å². The van der Waals surface area contributed by atoms with E-state index in [0.717, 1.165) is 5.56 Å². The molecule has 30 heavy (non-hydrogen) atoms. The smallest absolute Gasteiger partial charge is 0.230 e. The number of hydrogen-bond donors (Lipinski definition) is 2. The fraction of sp³-hybridized carbons (Fsp3) is 0.250. The summed E-state index contributed by atoms with van der Waals surface area (Å²) < 4.78 is 12.2. The van der Waals surface area contributed by atoms with Crippen LogP contribution in [0.15, 0.2) is 53.7 Å². The van der Waals surface area contributed by atoms with Crippen molar-refractivity contribution in [1.82, 2.24) is 20.2 Å². The molecular formula is C20H22ClN5O3S. The lowest BCUT2D eigenvalue weighted by atomic mass is 10.1. The maximum absolute atomic E-state index is 12.1. The maximum Gasteiger partial charge on any atom is 0.230 e. The van der Waals surface area contributed by atoms with Crippen molar-refractivity contribution in [2.75, 3.05) is 25.3 Å². The average molecular weight is 448 g/mol. The van der Waals surface area contributed by atoms with E-state index >= 15 is 0 Å². The van der Waals surface area contributed by atoms with Crippen LogP contribution in [-0.4, -0.2) is 40.2 Å². The van der Waals surface area contributed by atoms with Gasteiger partial charge in [0, 0.05) is 17.6 Å². The van der Waals surface area contributed by atoms with Crippen molar-refractivity contribution in [3.8, 4) is 11.5 Å². The van der Waals surface area contributed by atoms with Crippen molar-refractivity contribution >= 4 is 29.3 Å². The molecule has 0 aliphatic carbocycles. The van der Waals surface area contributed by atoms with Crippen LogP contribution in [-0.2, 0) is 17.8 Å². The molecule has 158 valence electrons. The number of carbonyl (C=O) groups is 1. The summed E-state index contributed by atoms with van der Waals surface area (Å²) in [6, 6.07) is 14.8. The molecule has 3 N–H and O–H groups in total. The Morgan fingerprint density at radius 2 is 2.00 bits per heavy atom. The van der Waals surface area contributed by atoms with Crippen LogP contribution >= 0.6 is 23.4 Å². The number of nitrogens with zero attached hydrogens (tertiary/aromatic N) is 3. The van der Waals surface area contributed by atoms with Gasteiger partial charge in [0.25, 0.3) is 0 Å². The molecule has 2 aromatic carbocycles. The highest BCUT2D eigenvalue weighted by Crippen LogP contribution is 2.20. The van der Waals surface area contributed by atoms with Gasteiger partial charge in [0.1, 0.15) is 18.1 Å². The maximum atomic E-state index is 12.1. The van der Waals surface area contributed by atoms with Crippen molar-refractivity contribution in [2.45, 2.75) is 18.2 Å². The van der Waals surface area contributed by atoms with Gasteiger partial charge in [0.05, 0.1) is 12.9 Å². The largest absolute Gasteiger partial charge is 0.497 e. The Labute approximate surface area is 183 Å². The average Bonchev–Trinajstić information content (AvgIpc) is 3.10. The van der Waals surface area contributed by atoms with Crippen LogP contribution in [0, 0.1) is 0 Å². The number of methoxy groups -OCH3 is 1. The second-order valence-corrected chi connectivity index (χ2v) is 7.63. The summed E-state index contributed by atoms with van der Waals surface area (Å²) in [4.78, 5) is 12.1. The minimum absolute atomic E-state index is 0.112. The number of nitrogens with two attached hydrogens (primary N) is 1. The van der Waals surface area contributed by atoms with E-state index in [1.807, 2.05) is 42.5 Å². The third-order valence-electron chi connectivity index (χ3n) is 4.10. The molecule has 1 amide bonds. The molecule has 8 nitrogen and oxygen atoms in total. The lowest BCUT2D eigenvalue weighted by Gasteiger charge is -2.08. The third-order valence-corrected chi connectivity index (χ3v) is 5.28. The molecule has 0 aliphatic rings. The Kier molecular flexibility index (Phi) is 7.81. The molecule has 0 saturated carbocycles. The zero-order valence-electron chi connectivity index (χ0n) is 16.4. The molecule has 0 spiro atoms. The monoisotopic (exact) mass is 447 g/mol. The summed E-state index contributed by atoms with van der Waals surface area (Å²) in [6.07, 6.45) is 0.704. The van der Waals surface area contributed by atoms with Crippen LogP contribution in [0.25, 0.3) is 0 Å². The lowest BCUT2D eigenvalue weighted by Crippen LogP contribution is -2.27. The van der Waals surface area contributed by atoms with Gasteiger partial charge in [-0.15, -0.1) is 10.2 Å². The molecule has 10 heteroatoms. The number of nitrogen functional groups attached to an aromatic ring is 1. The number of thioether (sulfide) groups is 1. The summed E-state index contributed by atoms with van der Waals surface area (Å²) in [5.41, 5.74) is 1.07. The van der Waals surface area contributed by atoms with E-state index in [-0.39, 0.29) is 18.3 Å². The fourth-order valence-corrected chi connectivity index (χ4v) is 3.48. The van der Waals surface area contributed by atoms with Crippen molar-refractivity contribution < 1.29 is 14.3 Å². The van der Waals surface area contributed by atoms with E-state index in [1.54, 1.807) is 13.2 Å². The molecular weight excluding hydrogens is 426 g/mol. The van der Waals surface area contributed by atoms with Crippen LogP contribution in [0.4, 0.5) is 0 Å². The highest BCUT2D eigenvalue weighted by atomic mass is 35.5. The number of rotatable bonds is 10. The standard InChI is InChI=1S/C20H22ClN5O3S/c1-28-16-6-3-7-17(11-16)29-12-18-24-25-20(26(18)22)30-13-19(27)23-9-8-14-4-2-5-15(21)10-14/h2-7,10-11H,8-9,12-13,22H2,1H3,(H,23,27).